The zero-order valence-corrected chi connectivity index (χ0v) is 65.6. The van der Waals surface area contributed by atoms with Gasteiger partial charge < -0.3 is 113 Å². The Morgan fingerprint density at radius 1 is 0.793 bits per heavy atom. The lowest BCUT2D eigenvalue weighted by molar-refractivity contribution is -0.270. The summed E-state index contributed by atoms with van der Waals surface area (Å²) in [4.78, 5) is 135. The molecule has 5 fully saturated rings. The molecule has 0 aromatic heterocycles. The number of aliphatic hydroxyl groups is 7. The number of ether oxygens (including phenoxy) is 6. The van der Waals surface area contributed by atoms with Crippen molar-refractivity contribution >= 4 is 91.8 Å². The number of fused-ring (bicyclic) bond motifs is 16. The van der Waals surface area contributed by atoms with Gasteiger partial charge in [0.05, 0.1) is 46.5 Å². The quantitative estimate of drug-likeness (QED) is 0.0441. The van der Waals surface area contributed by atoms with Gasteiger partial charge in [0.1, 0.15) is 90.7 Å². The number of primary amides is 1. The van der Waals surface area contributed by atoms with Gasteiger partial charge in [-0.2, -0.15) is 0 Å². The molecule has 12 aliphatic rings. The van der Waals surface area contributed by atoms with Crippen molar-refractivity contribution in [2.75, 3.05) is 33.9 Å². The Hall–Kier alpha value is -9.18. The van der Waals surface area contributed by atoms with E-state index in [4.69, 9.17) is 63.1 Å². The monoisotopic (exact) mass is 1670 g/mol. The number of likely N-dealkylation sites (N-methyl/N-ethyl adjacent to an activating group) is 1. The number of sulfonamides is 1. The van der Waals surface area contributed by atoms with Crippen molar-refractivity contribution in [2.24, 2.45) is 52.4 Å². The molecule has 4 saturated carbocycles. The van der Waals surface area contributed by atoms with E-state index in [1.165, 1.54) is 68.8 Å². The first kappa shape index (κ1) is 83.3. The molecule has 0 radical (unpaired) electrons. The van der Waals surface area contributed by atoms with E-state index in [2.05, 4.69) is 37.2 Å². The summed E-state index contributed by atoms with van der Waals surface area (Å²) in [6.45, 7) is 3.41. The van der Waals surface area contributed by atoms with E-state index in [0.717, 1.165) is 56.0 Å². The smallest absolute Gasteiger partial charge is 0.264 e. The minimum atomic E-state index is -4.89. The Kier molecular flexibility index (Phi) is 23.7. The number of aliphatic hydroxyl groups excluding tert-OH is 5. The van der Waals surface area contributed by atoms with E-state index in [1.54, 1.807) is 0 Å². The highest BCUT2D eigenvalue weighted by Crippen LogP contribution is 2.81. The summed E-state index contributed by atoms with van der Waals surface area (Å²) in [6.07, 6.45) is -11.4. The second-order valence-electron chi connectivity index (χ2n) is 31.9. The van der Waals surface area contributed by atoms with Crippen LogP contribution in [0.15, 0.2) is 106 Å². The molecule has 1 spiro atoms. The molecule has 7 aliphatic carbocycles. The molecule has 4 aromatic carbocycles. The van der Waals surface area contributed by atoms with Crippen LogP contribution in [0, 0.1) is 40.9 Å². The third-order valence-corrected chi connectivity index (χ3v) is 26.4. The first-order valence-corrected chi connectivity index (χ1v) is 40.6. The maximum Gasteiger partial charge on any atom is 0.264 e. The number of Topliss-reactive ketones (excluding diaryl/α,β-unsaturated/α-hetero) is 1. The van der Waals surface area contributed by atoms with Gasteiger partial charge in [-0.25, -0.2) is 13.1 Å². The van der Waals surface area contributed by atoms with Crippen LogP contribution in [-0.2, 0) is 68.4 Å². The van der Waals surface area contributed by atoms with Gasteiger partial charge in [-0.1, -0.05) is 61.3 Å². The Labute approximate surface area is 675 Å². The number of benzene rings is 4. The maximum atomic E-state index is 16.2. The summed E-state index contributed by atoms with van der Waals surface area (Å²) in [6, 6.07) is 2.02. The molecule has 34 nitrogen and oxygen atoms in total. The Morgan fingerprint density at radius 3 is 2.21 bits per heavy atom. The van der Waals surface area contributed by atoms with Gasteiger partial charge in [0.2, 0.25) is 65.1 Å². The number of hydrogen-bond acceptors (Lipinski definition) is 26. The maximum absolute atomic E-state index is 16.2. The normalized spacial score (nSPS) is 32.0. The summed E-state index contributed by atoms with van der Waals surface area (Å²) < 4.78 is 66.5. The number of nitrogens with two attached hydrogens (primary N) is 2. The molecule has 19 N–H and O–H groups in total. The minimum Gasteiger partial charge on any atom is -0.491 e. The van der Waals surface area contributed by atoms with Crippen LogP contribution in [0.2, 0.25) is 5.02 Å². The lowest BCUT2D eigenvalue weighted by Gasteiger charge is -2.67. The topological polar surface area (TPSA) is 533 Å². The van der Waals surface area contributed by atoms with E-state index in [9.17, 15) is 68.1 Å². The molecule has 16 rings (SSSR count). The van der Waals surface area contributed by atoms with Gasteiger partial charge in [0.25, 0.3) is 10.0 Å². The fourth-order valence-corrected chi connectivity index (χ4v) is 20.1. The van der Waals surface area contributed by atoms with Gasteiger partial charge in [-0.3, -0.25) is 43.2 Å². The largest absolute Gasteiger partial charge is 0.491 e. The fourth-order valence-electron chi connectivity index (χ4n) is 18.6. The van der Waals surface area contributed by atoms with Crippen LogP contribution in [0.4, 0.5) is 0 Å². The van der Waals surface area contributed by atoms with Crippen LogP contribution in [0.1, 0.15) is 124 Å². The Morgan fingerprint density at radius 2 is 1.53 bits per heavy atom. The molecule has 5 heterocycles. The van der Waals surface area contributed by atoms with E-state index in [-0.39, 0.29) is 116 Å². The molecule has 1 saturated heterocycles. The molecule has 21 atom stereocenters. The van der Waals surface area contributed by atoms with Gasteiger partial charge >= 0.3 is 0 Å². The average molecular weight is 1670 g/mol. The minimum absolute atomic E-state index is 0.00404. The van der Waals surface area contributed by atoms with E-state index < -0.39 is 220 Å². The second kappa shape index (κ2) is 33.0. The highest BCUT2D eigenvalue weighted by molar-refractivity contribution is 7.90. The predicted molar refractivity (Wildman–Crippen MR) is 408 cm³/mol. The van der Waals surface area contributed by atoms with Crippen LogP contribution in [0.5, 0.6) is 28.7 Å². The number of carbonyl (C=O) groups excluding carboxylic acids is 9. The number of carbonyl (C=O) groups is 9. The van der Waals surface area contributed by atoms with Gasteiger partial charge in [-0.15, -0.1) is 0 Å². The highest BCUT2D eigenvalue weighted by atomic mass is 35.5. The van der Waals surface area contributed by atoms with Crippen molar-refractivity contribution in [3.63, 3.8) is 0 Å². The molecule has 622 valence electrons. The lowest BCUT2D eigenvalue weighted by Crippen LogP contribution is -2.66. The number of rotatable bonds is 19. The number of hydrogen-bond donors (Lipinski definition) is 17. The van der Waals surface area contributed by atoms with Gasteiger partial charge in [0, 0.05) is 56.0 Å². The molecule has 4 aromatic rings. The third kappa shape index (κ3) is 15.9. The standard InChI is InChI=1S/C79H92Cl2N10O24S/c1-32(2)17-50(84-3)72(101)90-65-66(96)35-7-14-54(49(81)21-35)113-56-23-36-22-55(70(56)115-77-69(99)68(98)67(97)57(31-82)114-77)112-53-13-6-33(20-48(53)80)52(93)29-58(94)86-64(75(104)87-61-37-18-38-24-39-25-47(61)78(38,39)30-37)44-26-40(92)27-46-60(44)43-19-34(5-12-45(43)79(46,106)107)62(71(83)100)88-74(103)63(36)89-73(102)51(85-76(65)105)28-59(95)91-116(108,109)42-10-8-41(9-11-42)111-16-15-110-4/h5-12,14,19-23,32,37-39,44,47,50-53,57,61-69,77,84,93,96-99,106-107H,13,15-18,24-31,82H2,1-4H3,(H2,83,100)(H,85,105)(H,86,94)(H,87,104)(H,88,103)(H,89,102)(H,90,101)(H,91,95). The van der Waals surface area contributed by atoms with Crippen molar-refractivity contribution in [3.05, 3.63) is 134 Å². The van der Waals surface area contributed by atoms with Crippen LogP contribution in [0.25, 0.3) is 5.57 Å². The number of nitrogens with one attached hydrogen (secondary N) is 8. The predicted octanol–water partition coefficient (Wildman–Crippen LogP) is 0.233. The number of amides is 8. The summed E-state index contributed by atoms with van der Waals surface area (Å²) in [5.74, 6) is -15.2. The molecular weight excluding hydrogens is 1580 g/mol. The van der Waals surface area contributed by atoms with Crippen molar-refractivity contribution < 1.29 is 116 Å². The fraction of sp³-hybridized carbons (Fsp3) is 0.506. The molecule has 37 heteroatoms. The summed E-state index contributed by atoms with van der Waals surface area (Å²) in [5.41, 5.74) is 10.9. The van der Waals surface area contributed by atoms with Crippen molar-refractivity contribution in [2.45, 2.75) is 180 Å². The van der Waals surface area contributed by atoms with Crippen LogP contribution in [0.3, 0.4) is 0 Å². The number of methoxy groups -OCH3 is 1. The number of halogens is 2. The summed E-state index contributed by atoms with van der Waals surface area (Å²) in [7, 11) is -1.98. The van der Waals surface area contributed by atoms with Crippen LogP contribution >= 0.6 is 23.2 Å². The Balaban J connectivity index is 0.925. The van der Waals surface area contributed by atoms with Crippen molar-refractivity contribution in [1.82, 2.24) is 41.9 Å². The van der Waals surface area contributed by atoms with Gasteiger partial charge in [0.15, 0.2) is 11.5 Å². The summed E-state index contributed by atoms with van der Waals surface area (Å²) in [5, 5.41) is 101. The molecule has 21 unspecified atom stereocenters. The van der Waals surface area contributed by atoms with E-state index >= 15 is 19.2 Å². The molecule has 5 aliphatic heterocycles. The first-order valence-electron chi connectivity index (χ1n) is 38.3. The molecular formula is C79H92Cl2N10O24S. The van der Waals surface area contributed by atoms with Crippen LogP contribution < -0.4 is 72.4 Å². The molecule has 8 amide bonds. The first-order chi connectivity index (χ1) is 55.1. The Bertz CT molecular complexity index is 4850. The number of ketones is 1. The summed E-state index contributed by atoms with van der Waals surface area (Å²) >= 11 is 14.3. The second-order valence-corrected chi connectivity index (χ2v) is 34.4. The van der Waals surface area contributed by atoms with Crippen molar-refractivity contribution in [1.29, 1.82) is 0 Å². The van der Waals surface area contributed by atoms with Gasteiger partial charge in [-0.05, 0) is 168 Å². The molecule has 116 heavy (non-hydrogen) atoms. The zero-order chi connectivity index (χ0) is 83.0. The SMILES string of the molecule is CNC(CC(C)C)C(=O)NC1C(=O)NC(CC(=O)NS(=O)(=O)c2ccc(OCCOC)cc2)C(=O)NC2C(=O)NC(C(N)=O)c3ccc4c(c3)C3=C(CC(=O)CC3C(C(=O)NC3C5CC6CC7CC3C67C5)NC(=O)CC(O)C3=CCC(Oc5cc2cc(c5OC2OC(CN)C(O)C(O)C2O)Oc2ccc(cc2Cl)C1O)C(Cl)=C3)C4(O)O. The third-order valence-electron chi connectivity index (χ3n) is 24.3. The molecule has 11 bridgehead atoms. The van der Waals surface area contributed by atoms with Crippen LogP contribution in [-0.4, -0.2) is 204 Å². The van der Waals surface area contributed by atoms with E-state index in [1.807, 2.05) is 18.6 Å². The zero-order valence-electron chi connectivity index (χ0n) is 63.3. The lowest BCUT2D eigenvalue weighted by atomic mass is 9.38. The van der Waals surface area contributed by atoms with Crippen molar-refractivity contribution in [3.8, 4) is 28.7 Å². The van der Waals surface area contributed by atoms with E-state index in [0.29, 0.717) is 11.8 Å². The highest BCUT2D eigenvalue weighted by Gasteiger charge is 2.76. The average Bonchev–Trinajstić information content (AvgIpc) is 1.48.